The van der Waals surface area contributed by atoms with Crippen LogP contribution in [-0.2, 0) is 4.79 Å². The van der Waals surface area contributed by atoms with Gasteiger partial charge in [-0.2, -0.15) is 0 Å². The van der Waals surface area contributed by atoms with Gasteiger partial charge in [0.05, 0.1) is 5.92 Å². The molecule has 4 atom stereocenters. The van der Waals surface area contributed by atoms with Gasteiger partial charge < -0.3 is 5.11 Å². The largest absolute Gasteiger partial charge is 0.481 e. The second-order valence-electron chi connectivity index (χ2n) is 5.07. The molecule has 0 aromatic heterocycles. The number of benzene rings is 1. The van der Waals surface area contributed by atoms with Gasteiger partial charge in [-0.05, 0) is 18.3 Å². The second-order valence-corrected chi connectivity index (χ2v) is 5.07. The van der Waals surface area contributed by atoms with E-state index in [1.807, 2.05) is 30.4 Å². The van der Waals surface area contributed by atoms with E-state index in [2.05, 4.69) is 0 Å². The van der Waals surface area contributed by atoms with Crippen molar-refractivity contribution in [3.8, 4) is 0 Å². The standard InChI is InChI=1S/C15H14O3/c16-14(9-4-2-1-3-5-9)12-10-6-7-11(8-10)13(12)15(17)18/h1-7,10-13H,8H2,(H,17,18)/t10-,11+,12-,13-/m0/s1. The van der Waals surface area contributed by atoms with Crippen molar-refractivity contribution in [3.63, 3.8) is 0 Å². The molecule has 1 saturated carbocycles. The maximum atomic E-state index is 12.5. The van der Waals surface area contributed by atoms with Gasteiger partial charge in [0.1, 0.15) is 0 Å². The van der Waals surface area contributed by atoms with Crippen LogP contribution in [0.15, 0.2) is 42.5 Å². The molecule has 3 rings (SSSR count). The maximum absolute atomic E-state index is 12.5. The molecule has 1 fully saturated rings. The van der Waals surface area contributed by atoms with Crippen LogP contribution in [0.1, 0.15) is 16.8 Å². The van der Waals surface area contributed by atoms with Crippen LogP contribution in [0.4, 0.5) is 0 Å². The maximum Gasteiger partial charge on any atom is 0.307 e. The summed E-state index contributed by atoms with van der Waals surface area (Å²) in [6.45, 7) is 0. The Morgan fingerprint density at radius 3 is 2.22 bits per heavy atom. The molecule has 1 N–H and O–H groups in total. The first kappa shape index (κ1) is 11.2. The summed E-state index contributed by atoms with van der Waals surface area (Å²) < 4.78 is 0. The number of allylic oxidation sites excluding steroid dienone is 2. The van der Waals surface area contributed by atoms with Gasteiger partial charge in [0.15, 0.2) is 5.78 Å². The van der Waals surface area contributed by atoms with E-state index in [4.69, 9.17) is 0 Å². The number of carboxylic acids is 1. The number of ketones is 1. The molecule has 0 amide bonds. The summed E-state index contributed by atoms with van der Waals surface area (Å²) in [7, 11) is 0. The zero-order valence-electron chi connectivity index (χ0n) is 9.82. The minimum absolute atomic E-state index is 0.0279. The Hall–Kier alpha value is -1.90. The fourth-order valence-electron chi connectivity index (χ4n) is 3.31. The highest BCUT2D eigenvalue weighted by Crippen LogP contribution is 2.49. The van der Waals surface area contributed by atoms with E-state index in [0.29, 0.717) is 5.56 Å². The van der Waals surface area contributed by atoms with Gasteiger partial charge in [-0.1, -0.05) is 42.5 Å². The molecule has 0 heterocycles. The van der Waals surface area contributed by atoms with Gasteiger partial charge in [-0.25, -0.2) is 0 Å². The highest BCUT2D eigenvalue weighted by molar-refractivity contribution is 6.00. The van der Waals surface area contributed by atoms with Crippen LogP contribution >= 0.6 is 0 Å². The smallest absolute Gasteiger partial charge is 0.307 e. The summed E-state index contributed by atoms with van der Waals surface area (Å²) in [6, 6.07) is 9.00. The van der Waals surface area contributed by atoms with E-state index in [0.717, 1.165) is 6.42 Å². The minimum Gasteiger partial charge on any atom is -0.481 e. The molecular formula is C15H14O3. The number of rotatable bonds is 3. The first-order valence-corrected chi connectivity index (χ1v) is 6.19. The van der Waals surface area contributed by atoms with Crippen LogP contribution in [0.2, 0.25) is 0 Å². The third-order valence-corrected chi connectivity index (χ3v) is 4.11. The molecule has 18 heavy (non-hydrogen) atoms. The molecule has 2 aliphatic carbocycles. The molecule has 3 heteroatoms. The number of carbonyl (C=O) groups excluding carboxylic acids is 1. The van der Waals surface area contributed by atoms with Gasteiger partial charge >= 0.3 is 5.97 Å². The molecule has 0 aliphatic heterocycles. The number of hydrogen-bond donors (Lipinski definition) is 1. The van der Waals surface area contributed by atoms with E-state index in [1.54, 1.807) is 12.1 Å². The SMILES string of the molecule is O=C(O)[C@@H]1[C@@H](C(=O)c2ccccc2)[C@H]2C=C[C@@H]1C2. The number of aliphatic carboxylic acids is 1. The Bertz CT molecular complexity index is 518. The monoisotopic (exact) mass is 242 g/mol. The molecule has 3 nitrogen and oxygen atoms in total. The summed E-state index contributed by atoms with van der Waals surface area (Å²) in [5.41, 5.74) is 0.620. The lowest BCUT2D eigenvalue weighted by atomic mass is 9.78. The fourth-order valence-corrected chi connectivity index (χ4v) is 3.31. The third-order valence-electron chi connectivity index (χ3n) is 4.11. The number of Topliss-reactive ketones (excluding diaryl/α,β-unsaturated/α-hetero) is 1. The van der Waals surface area contributed by atoms with Gasteiger partial charge in [0, 0.05) is 11.5 Å². The van der Waals surface area contributed by atoms with E-state index in [-0.39, 0.29) is 23.5 Å². The molecule has 2 aliphatic rings. The number of carbonyl (C=O) groups is 2. The minimum atomic E-state index is -0.846. The van der Waals surface area contributed by atoms with E-state index >= 15 is 0 Å². The van der Waals surface area contributed by atoms with Crippen LogP contribution in [-0.4, -0.2) is 16.9 Å². The van der Waals surface area contributed by atoms with Crippen LogP contribution in [0.25, 0.3) is 0 Å². The summed E-state index contributed by atoms with van der Waals surface area (Å²) in [5.74, 6) is -1.68. The average Bonchev–Trinajstić information content (AvgIpc) is 2.99. The molecule has 0 spiro atoms. The van der Waals surface area contributed by atoms with Crippen molar-refractivity contribution in [3.05, 3.63) is 48.0 Å². The first-order valence-electron chi connectivity index (χ1n) is 6.19. The number of hydrogen-bond acceptors (Lipinski definition) is 2. The molecule has 1 aromatic carbocycles. The van der Waals surface area contributed by atoms with E-state index in [9.17, 15) is 14.7 Å². The first-order chi connectivity index (χ1) is 8.68. The van der Waals surface area contributed by atoms with Gasteiger partial charge in [0.2, 0.25) is 0 Å². The zero-order chi connectivity index (χ0) is 12.7. The number of carboxylic acid groups (broad SMARTS) is 1. The molecule has 0 radical (unpaired) electrons. The predicted molar refractivity (Wildman–Crippen MR) is 66.1 cm³/mol. The molecule has 0 saturated heterocycles. The van der Waals surface area contributed by atoms with Crippen LogP contribution in [0, 0.1) is 23.7 Å². The lowest BCUT2D eigenvalue weighted by Gasteiger charge is -2.23. The molecule has 92 valence electrons. The second kappa shape index (κ2) is 4.09. The predicted octanol–water partition coefficient (Wildman–Crippen LogP) is 2.39. The Morgan fingerprint density at radius 2 is 1.61 bits per heavy atom. The average molecular weight is 242 g/mol. The van der Waals surface area contributed by atoms with Gasteiger partial charge in [0.25, 0.3) is 0 Å². The molecule has 0 unspecified atom stereocenters. The normalized spacial score (nSPS) is 32.7. The van der Waals surface area contributed by atoms with E-state index < -0.39 is 11.9 Å². The molecule has 1 aromatic rings. The van der Waals surface area contributed by atoms with Crippen molar-refractivity contribution < 1.29 is 14.7 Å². The summed E-state index contributed by atoms with van der Waals surface area (Å²) in [4.78, 5) is 23.8. The van der Waals surface area contributed by atoms with Crippen LogP contribution in [0.5, 0.6) is 0 Å². The Labute approximate surface area is 105 Å². The summed E-state index contributed by atoms with van der Waals surface area (Å²) >= 11 is 0. The van der Waals surface area contributed by atoms with Crippen molar-refractivity contribution in [1.82, 2.24) is 0 Å². The summed E-state index contributed by atoms with van der Waals surface area (Å²) in [6.07, 6.45) is 4.77. The van der Waals surface area contributed by atoms with Gasteiger partial charge in [-0.15, -0.1) is 0 Å². The number of fused-ring (bicyclic) bond motifs is 2. The van der Waals surface area contributed by atoms with Gasteiger partial charge in [-0.3, -0.25) is 9.59 Å². The van der Waals surface area contributed by atoms with Crippen molar-refractivity contribution >= 4 is 11.8 Å². The van der Waals surface area contributed by atoms with Crippen molar-refractivity contribution in [2.45, 2.75) is 6.42 Å². The Kier molecular flexibility index (Phi) is 2.54. The van der Waals surface area contributed by atoms with Crippen LogP contribution < -0.4 is 0 Å². The fraction of sp³-hybridized carbons (Fsp3) is 0.333. The van der Waals surface area contributed by atoms with Crippen molar-refractivity contribution in [2.75, 3.05) is 0 Å². The van der Waals surface area contributed by atoms with Crippen LogP contribution in [0.3, 0.4) is 0 Å². The molecule has 2 bridgehead atoms. The molecular weight excluding hydrogens is 228 g/mol. The highest BCUT2D eigenvalue weighted by atomic mass is 16.4. The zero-order valence-corrected chi connectivity index (χ0v) is 9.82. The summed E-state index contributed by atoms with van der Waals surface area (Å²) in [5, 5.41) is 9.32. The van der Waals surface area contributed by atoms with E-state index in [1.165, 1.54) is 0 Å². The topological polar surface area (TPSA) is 54.4 Å². The Morgan fingerprint density at radius 1 is 1.00 bits per heavy atom. The third kappa shape index (κ3) is 1.58. The quantitative estimate of drug-likeness (QED) is 0.654. The van der Waals surface area contributed by atoms with Crippen molar-refractivity contribution in [2.24, 2.45) is 23.7 Å². The highest BCUT2D eigenvalue weighted by Gasteiger charge is 2.51. The van der Waals surface area contributed by atoms with Crippen molar-refractivity contribution in [1.29, 1.82) is 0 Å². The lowest BCUT2D eigenvalue weighted by molar-refractivity contribution is -0.143. The lowest BCUT2D eigenvalue weighted by Crippen LogP contribution is -2.33. The Balaban J connectivity index is 1.94.